The number of nitro groups is 1. The van der Waals surface area contributed by atoms with Crippen LogP contribution in [0.3, 0.4) is 0 Å². The number of nitrogens with zero attached hydrogens (tertiary/aromatic N) is 3. The summed E-state index contributed by atoms with van der Waals surface area (Å²) < 4.78 is 5.85. The van der Waals surface area contributed by atoms with E-state index in [1.165, 1.54) is 11.9 Å². The monoisotopic (exact) mass is 373 g/mol. The molecular weight excluding hydrogens is 366 g/mol. The molecule has 110 valence electrons. The number of hydrogen-bond acceptors (Lipinski definition) is 5. The highest BCUT2D eigenvalue weighted by molar-refractivity contribution is 9.10. The summed E-state index contributed by atoms with van der Waals surface area (Å²) in [6, 6.07) is 4.52. The number of amides is 1. The van der Waals surface area contributed by atoms with Crippen LogP contribution in [0, 0.1) is 10.1 Å². The van der Waals surface area contributed by atoms with Gasteiger partial charge in [0.15, 0.2) is 4.67 Å². The first-order valence-corrected chi connectivity index (χ1v) is 6.85. The Morgan fingerprint density at radius 1 is 1.57 bits per heavy atom. The van der Waals surface area contributed by atoms with Crippen LogP contribution in [0.15, 0.2) is 33.5 Å². The van der Waals surface area contributed by atoms with Gasteiger partial charge in [-0.15, -0.1) is 0 Å². The third-order valence-electron chi connectivity index (χ3n) is 2.63. The first-order chi connectivity index (χ1) is 9.88. The van der Waals surface area contributed by atoms with Crippen LogP contribution in [0.4, 0.5) is 5.69 Å². The van der Waals surface area contributed by atoms with Gasteiger partial charge in [-0.1, -0.05) is 11.6 Å². The Hall–Kier alpha value is -1.93. The average Bonchev–Trinajstić information content (AvgIpc) is 2.83. The van der Waals surface area contributed by atoms with Crippen molar-refractivity contribution in [1.82, 2.24) is 9.88 Å². The van der Waals surface area contributed by atoms with Gasteiger partial charge in [-0.2, -0.15) is 0 Å². The van der Waals surface area contributed by atoms with E-state index >= 15 is 0 Å². The molecule has 0 aliphatic rings. The van der Waals surface area contributed by atoms with Gasteiger partial charge in [-0.05, 0) is 28.1 Å². The number of halogens is 2. The summed E-state index contributed by atoms with van der Waals surface area (Å²) in [7, 11) is 1.54. The van der Waals surface area contributed by atoms with E-state index < -0.39 is 10.8 Å². The molecule has 0 unspecified atom stereocenters. The van der Waals surface area contributed by atoms with Crippen LogP contribution in [-0.2, 0) is 6.54 Å². The number of hydrogen-bond donors (Lipinski definition) is 0. The summed E-state index contributed by atoms with van der Waals surface area (Å²) in [5.41, 5.74) is -0.323. The fraction of sp³-hybridized carbons (Fsp3) is 0.167. The molecule has 21 heavy (non-hydrogen) atoms. The zero-order chi connectivity index (χ0) is 15.6. The van der Waals surface area contributed by atoms with Crippen LogP contribution < -0.4 is 0 Å². The van der Waals surface area contributed by atoms with Gasteiger partial charge in [0.25, 0.3) is 11.6 Å². The van der Waals surface area contributed by atoms with E-state index in [0.717, 1.165) is 12.3 Å². The quantitative estimate of drug-likeness (QED) is 0.465. The summed E-state index contributed by atoms with van der Waals surface area (Å²) in [6.07, 6.45) is 1.00. The van der Waals surface area contributed by atoms with Crippen LogP contribution in [0.1, 0.15) is 16.1 Å². The van der Waals surface area contributed by atoms with E-state index in [0.29, 0.717) is 10.4 Å². The Balaban J connectivity index is 2.22. The largest absolute Gasteiger partial charge is 0.452 e. The molecule has 9 heteroatoms. The number of aromatic nitrogens is 1. The molecule has 0 saturated carbocycles. The number of carbonyl (C=O) groups excluding carboxylic acids is 1. The van der Waals surface area contributed by atoms with E-state index in [9.17, 15) is 14.9 Å². The predicted octanol–water partition coefficient (Wildman–Crippen LogP) is 3.27. The summed E-state index contributed by atoms with van der Waals surface area (Å²) in [5.74, 6) is 0.0796. The van der Waals surface area contributed by atoms with Crippen molar-refractivity contribution in [2.24, 2.45) is 0 Å². The minimum atomic E-state index is -0.635. The highest BCUT2D eigenvalue weighted by Crippen LogP contribution is 2.22. The Morgan fingerprint density at radius 3 is 2.86 bits per heavy atom. The fourth-order valence-electron chi connectivity index (χ4n) is 1.63. The van der Waals surface area contributed by atoms with Gasteiger partial charge in [0.2, 0.25) is 0 Å². The van der Waals surface area contributed by atoms with Gasteiger partial charge < -0.3 is 9.32 Å². The molecule has 0 bridgehead atoms. The van der Waals surface area contributed by atoms with E-state index in [1.54, 1.807) is 12.1 Å². The minimum Gasteiger partial charge on any atom is -0.452 e. The standard InChI is InChI=1S/C12H9BrClN3O4/c1-16(6-8-2-3-10(13)21-8)12(18)9-4-7(17(19)20)5-15-11(9)14/h2-5H,6H2,1H3. The number of rotatable bonds is 4. The number of pyridine rings is 1. The van der Waals surface area contributed by atoms with Crippen molar-refractivity contribution in [3.05, 3.63) is 55.7 Å². The molecule has 0 radical (unpaired) electrons. The lowest BCUT2D eigenvalue weighted by molar-refractivity contribution is -0.385. The maximum absolute atomic E-state index is 12.3. The molecule has 0 saturated heterocycles. The van der Waals surface area contributed by atoms with Crippen LogP contribution >= 0.6 is 27.5 Å². The second-order valence-electron chi connectivity index (χ2n) is 4.16. The zero-order valence-electron chi connectivity index (χ0n) is 10.7. The zero-order valence-corrected chi connectivity index (χ0v) is 13.1. The third kappa shape index (κ3) is 3.59. The normalized spacial score (nSPS) is 10.4. The van der Waals surface area contributed by atoms with Gasteiger partial charge in [-0.25, -0.2) is 4.98 Å². The Kier molecular flexibility index (Phi) is 4.59. The topological polar surface area (TPSA) is 89.5 Å². The van der Waals surface area contributed by atoms with Gasteiger partial charge in [0, 0.05) is 13.1 Å². The average molecular weight is 375 g/mol. The lowest BCUT2D eigenvalue weighted by Crippen LogP contribution is -2.26. The molecule has 0 aliphatic carbocycles. The van der Waals surface area contributed by atoms with Crippen molar-refractivity contribution in [2.75, 3.05) is 7.05 Å². The summed E-state index contributed by atoms with van der Waals surface area (Å²) in [5, 5.41) is 10.6. The molecule has 1 amide bonds. The fourth-order valence-corrected chi connectivity index (χ4v) is 2.16. The minimum absolute atomic E-state index is 0.0287. The SMILES string of the molecule is CN(Cc1ccc(Br)o1)C(=O)c1cc([N+](=O)[O-])cnc1Cl. The Labute approximate surface area is 132 Å². The Bertz CT molecular complexity index is 704. The van der Waals surface area contributed by atoms with Crippen molar-refractivity contribution in [2.45, 2.75) is 6.54 Å². The maximum Gasteiger partial charge on any atom is 0.288 e. The van der Waals surface area contributed by atoms with Crippen LogP contribution in [0.5, 0.6) is 0 Å². The van der Waals surface area contributed by atoms with E-state index in [4.69, 9.17) is 16.0 Å². The lowest BCUT2D eigenvalue weighted by Gasteiger charge is -2.16. The highest BCUT2D eigenvalue weighted by Gasteiger charge is 2.21. The van der Waals surface area contributed by atoms with E-state index in [2.05, 4.69) is 20.9 Å². The smallest absolute Gasteiger partial charge is 0.288 e. The molecule has 2 heterocycles. The molecule has 0 fully saturated rings. The lowest BCUT2D eigenvalue weighted by atomic mass is 10.2. The van der Waals surface area contributed by atoms with Gasteiger partial charge in [-0.3, -0.25) is 14.9 Å². The second-order valence-corrected chi connectivity index (χ2v) is 5.30. The highest BCUT2D eigenvalue weighted by atomic mass is 79.9. The molecule has 0 atom stereocenters. The summed E-state index contributed by atoms with van der Waals surface area (Å²) in [6.45, 7) is 0.198. The molecule has 0 spiro atoms. The van der Waals surface area contributed by atoms with Crippen molar-refractivity contribution in [3.8, 4) is 0 Å². The van der Waals surface area contributed by atoms with Crippen LogP contribution in [0.2, 0.25) is 5.15 Å². The van der Waals surface area contributed by atoms with Crippen molar-refractivity contribution < 1.29 is 14.1 Å². The van der Waals surface area contributed by atoms with E-state index in [-0.39, 0.29) is 22.9 Å². The molecule has 0 N–H and O–H groups in total. The Morgan fingerprint density at radius 2 is 2.29 bits per heavy atom. The molecule has 2 rings (SSSR count). The van der Waals surface area contributed by atoms with Crippen LogP contribution in [-0.4, -0.2) is 27.8 Å². The number of carbonyl (C=O) groups is 1. The molecule has 0 aromatic carbocycles. The molecule has 7 nitrogen and oxygen atoms in total. The molecule has 2 aromatic rings. The van der Waals surface area contributed by atoms with E-state index in [1.807, 2.05) is 0 Å². The first kappa shape index (κ1) is 15.5. The maximum atomic E-state index is 12.3. The number of furan rings is 1. The molecule has 2 aromatic heterocycles. The van der Waals surface area contributed by atoms with Gasteiger partial charge in [0.05, 0.1) is 17.0 Å². The molecular formula is C12H9BrClN3O4. The first-order valence-electron chi connectivity index (χ1n) is 5.68. The van der Waals surface area contributed by atoms with Gasteiger partial charge in [0.1, 0.15) is 17.1 Å². The van der Waals surface area contributed by atoms with Gasteiger partial charge >= 0.3 is 0 Å². The third-order valence-corrected chi connectivity index (χ3v) is 3.36. The van der Waals surface area contributed by atoms with Crippen LogP contribution in [0.25, 0.3) is 0 Å². The second kappa shape index (κ2) is 6.23. The molecule has 0 aliphatic heterocycles. The summed E-state index contributed by atoms with van der Waals surface area (Å²) in [4.78, 5) is 27.4. The predicted molar refractivity (Wildman–Crippen MR) is 78.1 cm³/mol. The van der Waals surface area contributed by atoms with Crippen molar-refractivity contribution in [1.29, 1.82) is 0 Å². The van der Waals surface area contributed by atoms with Crippen molar-refractivity contribution in [3.63, 3.8) is 0 Å². The summed E-state index contributed by atoms with van der Waals surface area (Å²) >= 11 is 9.00. The van der Waals surface area contributed by atoms with Crippen molar-refractivity contribution >= 4 is 39.1 Å².